The number of halogens is 3. The lowest BCUT2D eigenvalue weighted by Crippen LogP contribution is -2.29. The number of rotatable bonds is 4. The van der Waals surface area contributed by atoms with Crippen LogP contribution >= 0.6 is 35.4 Å². The van der Waals surface area contributed by atoms with Crippen molar-refractivity contribution in [2.24, 2.45) is 0 Å². The van der Waals surface area contributed by atoms with Gasteiger partial charge in [-0.25, -0.2) is 4.39 Å². The van der Waals surface area contributed by atoms with Gasteiger partial charge in [-0.05, 0) is 79.3 Å². The van der Waals surface area contributed by atoms with E-state index in [2.05, 4.69) is 10.3 Å². The number of thiocarbonyl (C=S) groups is 1. The van der Waals surface area contributed by atoms with Gasteiger partial charge in [0.2, 0.25) is 0 Å². The van der Waals surface area contributed by atoms with E-state index in [1.54, 1.807) is 31.3 Å². The van der Waals surface area contributed by atoms with Crippen LogP contribution in [0.25, 0.3) is 11.3 Å². The largest absolute Gasteiger partial charge is 0.459 e. The third kappa shape index (κ3) is 3.99. The van der Waals surface area contributed by atoms with Crippen molar-refractivity contribution in [3.8, 4) is 11.3 Å². The molecule has 1 fully saturated rings. The normalized spacial score (nSPS) is 17.9. The quantitative estimate of drug-likeness (QED) is 0.300. The molecule has 2 atom stereocenters. The lowest BCUT2D eigenvalue weighted by atomic mass is 10.0. The Bertz CT molecular complexity index is 1340. The van der Waals surface area contributed by atoms with Crippen LogP contribution in [0, 0.1) is 12.7 Å². The van der Waals surface area contributed by atoms with Gasteiger partial charge in [0.25, 0.3) is 0 Å². The summed E-state index contributed by atoms with van der Waals surface area (Å²) in [6.07, 6.45) is 1.74. The second-order valence-electron chi connectivity index (χ2n) is 7.73. The fraction of sp³-hybridized carbons (Fsp3) is 0.120. The Morgan fingerprint density at radius 2 is 1.91 bits per heavy atom. The fourth-order valence-electron chi connectivity index (χ4n) is 4.05. The summed E-state index contributed by atoms with van der Waals surface area (Å²) >= 11 is 18.3. The molecular formula is C25H18Cl2FN3OS. The molecule has 0 radical (unpaired) electrons. The lowest BCUT2D eigenvalue weighted by molar-refractivity contribution is 0.439. The maximum Gasteiger partial charge on any atom is 0.174 e. The maximum absolute atomic E-state index is 14.0. The van der Waals surface area contributed by atoms with Crippen molar-refractivity contribution in [3.63, 3.8) is 0 Å². The minimum absolute atomic E-state index is 0.273. The van der Waals surface area contributed by atoms with Gasteiger partial charge in [-0.3, -0.25) is 4.98 Å². The molecule has 1 aliphatic heterocycles. The van der Waals surface area contributed by atoms with Gasteiger partial charge in [0.15, 0.2) is 5.11 Å². The Kier molecular flexibility index (Phi) is 5.83. The average molecular weight is 498 g/mol. The summed E-state index contributed by atoms with van der Waals surface area (Å²) in [6.45, 7) is 1.72. The van der Waals surface area contributed by atoms with Crippen molar-refractivity contribution < 1.29 is 8.81 Å². The van der Waals surface area contributed by atoms with E-state index < -0.39 is 0 Å². The first-order valence-corrected chi connectivity index (χ1v) is 11.4. The molecule has 5 rings (SSSR count). The molecule has 0 saturated carbocycles. The van der Waals surface area contributed by atoms with Crippen LogP contribution in [-0.4, -0.2) is 10.1 Å². The van der Waals surface area contributed by atoms with Gasteiger partial charge in [0, 0.05) is 17.4 Å². The minimum atomic E-state index is -0.357. The van der Waals surface area contributed by atoms with Crippen LogP contribution in [0.2, 0.25) is 10.0 Å². The molecule has 2 aromatic heterocycles. The predicted molar refractivity (Wildman–Crippen MR) is 133 cm³/mol. The molecule has 4 nitrogen and oxygen atoms in total. The third-order valence-electron chi connectivity index (χ3n) is 5.65. The van der Waals surface area contributed by atoms with E-state index in [0.717, 1.165) is 11.4 Å². The molecule has 0 amide bonds. The highest BCUT2D eigenvalue weighted by Crippen LogP contribution is 2.44. The van der Waals surface area contributed by atoms with Crippen molar-refractivity contribution in [2.45, 2.75) is 19.0 Å². The standard InChI is InChI=1S/C25H18Cl2FN3OS/c1-14-13-15(8-9-18(14)28)31-24(23(30-25(31)33)19-7-2-3-12-29-19)21-11-10-20(32-21)16-5-4-6-17(26)22(16)27/h2-13,23-24H,1H3,(H,30,33)/t23-,24-/m1/s1. The van der Waals surface area contributed by atoms with Crippen molar-refractivity contribution in [1.82, 2.24) is 10.3 Å². The van der Waals surface area contributed by atoms with Crippen molar-refractivity contribution >= 4 is 46.2 Å². The highest BCUT2D eigenvalue weighted by molar-refractivity contribution is 7.80. The van der Waals surface area contributed by atoms with Crippen LogP contribution in [0.4, 0.5) is 10.1 Å². The third-order valence-corrected chi connectivity index (χ3v) is 6.79. The lowest BCUT2D eigenvalue weighted by Gasteiger charge is -2.26. The second-order valence-corrected chi connectivity index (χ2v) is 8.91. The monoisotopic (exact) mass is 497 g/mol. The summed E-state index contributed by atoms with van der Waals surface area (Å²) in [5.41, 5.74) is 2.79. The Hall–Kier alpha value is -2.93. The van der Waals surface area contributed by atoms with Gasteiger partial charge < -0.3 is 14.6 Å². The SMILES string of the molecule is Cc1cc(N2C(=S)N[C@H](c3ccccn3)[C@H]2c2ccc(-c3cccc(Cl)c3Cl)o2)ccc1F. The zero-order chi connectivity index (χ0) is 23.1. The van der Waals surface area contributed by atoms with Gasteiger partial charge in [-0.2, -0.15) is 0 Å². The van der Waals surface area contributed by atoms with Crippen LogP contribution < -0.4 is 10.2 Å². The van der Waals surface area contributed by atoms with Gasteiger partial charge in [-0.15, -0.1) is 0 Å². The van der Waals surface area contributed by atoms with Crippen LogP contribution in [0.1, 0.15) is 29.1 Å². The van der Waals surface area contributed by atoms with E-state index in [1.165, 1.54) is 6.07 Å². The van der Waals surface area contributed by atoms with E-state index in [-0.39, 0.29) is 17.9 Å². The molecule has 8 heteroatoms. The number of anilines is 1. The van der Waals surface area contributed by atoms with Gasteiger partial charge in [-0.1, -0.05) is 35.3 Å². The van der Waals surface area contributed by atoms with E-state index in [9.17, 15) is 4.39 Å². The summed E-state index contributed by atoms with van der Waals surface area (Å²) in [4.78, 5) is 6.47. The van der Waals surface area contributed by atoms with E-state index in [0.29, 0.717) is 37.8 Å². The number of nitrogens with one attached hydrogen (secondary N) is 1. The second kappa shape index (κ2) is 8.78. The van der Waals surface area contributed by atoms with E-state index in [1.807, 2.05) is 47.4 Å². The molecule has 2 aromatic carbocycles. The summed E-state index contributed by atoms with van der Waals surface area (Å²) in [5.74, 6) is 0.974. The molecule has 3 heterocycles. The predicted octanol–water partition coefficient (Wildman–Crippen LogP) is 7.27. The topological polar surface area (TPSA) is 41.3 Å². The van der Waals surface area contributed by atoms with E-state index in [4.69, 9.17) is 39.8 Å². The molecular weight excluding hydrogens is 480 g/mol. The minimum Gasteiger partial charge on any atom is -0.459 e. The van der Waals surface area contributed by atoms with Crippen molar-refractivity contribution in [2.75, 3.05) is 4.90 Å². The summed E-state index contributed by atoms with van der Waals surface area (Å²) in [5, 5.41) is 4.74. The highest BCUT2D eigenvalue weighted by atomic mass is 35.5. The van der Waals surface area contributed by atoms with Crippen LogP contribution in [0.3, 0.4) is 0 Å². The molecule has 0 bridgehead atoms. The number of pyridine rings is 1. The molecule has 1 N–H and O–H groups in total. The van der Waals surface area contributed by atoms with Gasteiger partial charge in [0.1, 0.15) is 23.4 Å². The first-order valence-electron chi connectivity index (χ1n) is 10.2. The molecule has 33 heavy (non-hydrogen) atoms. The Morgan fingerprint density at radius 3 is 2.67 bits per heavy atom. The number of aromatic nitrogens is 1. The van der Waals surface area contributed by atoms with Gasteiger partial charge >= 0.3 is 0 Å². The molecule has 1 saturated heterocycles. The number of hydrogen-bond acceptors (Lipinski definition) is 3. The van der Waals surface area contributed by atoms with Crippen molar-refractivity contribution in [3.05, 3.63) is 106 Å². The number of aryl methyl sites for hydroxylation is 1. The Morgan fingerprint density at radius 1 is 1.06 bits per heavy atom. The number of hydrogen-bond donors (Lipinski definition) is 1. The summed E-state index contributed by atoms with van der Waals surface area (Å²) in [6, 6.07) is 19.2. The first-order chi connectivity index (χ1) is 15.9. The fourth-order valence-corrected chi connectivity index (χ4v) is 4.79. The summed E-state index contributed by atoms with van der Waals surface area (Å²) in [7, 11) is 0. The zero-order valence-corrected chi connectivity index (χ0v) is 19.8. The Labute approximate surface area is 206 Å². The molecule has 1 aliphatic rings. The van der Waals surface area contributed by atoms with E-state index >= 15 is 0 Å². The molecule has 0 unspecified atom stereocenters. The highest BCUT2D eigenvalue weighted by Gasteiger charge is 2.42. The molecule has 0 spiro atoms. The average Bonchev–Trinajstić information content (AvgIpc) is 3.43. The van der Waals surface area contributed by atoms with Crippen LogP contribution in [0.15, 0.2) is 77.3 Å². The Balaban J connectivity index is 1.62. The van der Waals surface area contributed by atoms with Gasteiger partial charge in [0.05, 0.1) is 21.8 Å². The smallest absolute Gasteiger partial charge is 0.174 e. The molecule has 166 valence electrons. The van der Waals surface area contributed by atoms with Crippen molar-refractivity contribution in [1.29, 1.82) is 0 Å². The number of nitrogens with zero attached hydrogens (tertiary/aromatic N) is 2. The molecule has 0 aliphatic carbocycles. The maximum atomic E-state index is 14.0. The van der Waals surface area contributed by atoms with Crippen LogP contribution in [-0.2, 0) is 0 Å². The molecule has 4 aromatic rings. The number of benzene rings is 2. The number of furan rings is 1. The summed E-state index contributed by atoms with van der Waals surface area (Å²) < 4.78 is 20.3. The van der Waals surface area contributed by atoms with Crippen LogP contribution in [0.5, 0.6) is 0 Å². The first kappa shape index (κ1) is 21.9. The zero-order valence-electron chi connectivity index (χ0n) is 17.4.